The van der Waals surface area contributed by atoms with Gasteiger partial charge in [0.2, 0.25) is 0 Å². The fourth-order valence-corrected chi connectivity index (χ4v) is 2.06. The second kappa shape index (κ2) is 5.44. The van der Waals surface area contributed by atoms with E-state index in [1.54, 1.807) is 0 Å². The van der Waals surface area contributed by atoms with E-state index in [0.29, 0.717) is 13.1 Å². The van der Waals surface area contributed by atoms with Gasteiger partial charge in [-0.15, -0.1) is 0 Å². The van der Waals surface area contributed by atoms with Gasteiger partial charge in [0.25, 0.3) is 0 Å². The van der Waals surface area contributed by atoms with Gasteiger partial charge in [-0.3, -0.25) is 4.79 Å². The van der Waals surface area contributed by atoms with Gasteiger partial charge in [0.05, 0.1) is 17.1 Å². The maximum Gasteiger partial charge on any atom is 0.321 e. The second-order valence-electron chi connectivity index (χ2n) is 4.42. The monoisotopic (exact) mass is 286 g/mol. The number of urea groups is 1. The molecule has 0 aromatic heterocycles. The van der Waals surface area contributed by atoms with Crippen LogP contribution in [-0.4, -0.2) is 35.1 Å². The first kappa shape index (κ1) is 13.6. The van der Waals surface area contributed by atoms with Gasteiger partial charge in [0.1, 0.15) is 5.82 Å². The van der Waals surface area contributed by atoms with Gasteiger partial charge in [0.15, 0.2) is 0 Å². The molecule has 0 aliphatic carbocycles. The van der Waals surface area contributed by atoms with Gasteiger partial charge in [-0.1, -0.05) is 11.6 Å². The van der Waals surface area contributed by atoms with Crippen molar-refractivity contribution in [2.45, 2.75) is 6.42 Å². The molecule has 1 fully saturated rings. The summed E-state index contributed by atoms with van der Waals surface area (Å²) in [6, 6.07) is 3.28. The van der Waals surface area contributed by atoms with Crippen molar-refractivity contribution >= 4 is 29.3 Å². The minimum Gasteiger partial charge on any atom is -0.481 e. The molecule has 1 saturated heterocycles. The number of nitrogens with zero attached hydrogens (tertiary/aromatic N) is 1. The molecule has 2 rings (SSSR count). The van der Waals surface area contributed by atoms with E-state index in [-0.39, 0.29) is 23.0 Å². The van der Waals surface area contributed by atoms with Crippen molar-refractivity contribution in [3.63, 3.8) is 0 Å². The molecular formula is C12H12ClFN2O3. The predicted molar refractivity (Wildman–Crippen MR) is 67.7 cm³/mol. The molecule has 2 N–H and O–H groups in total. The average Bonchev–Trinajstić information content (AvgIpc) is 2.27. The van der Waals surface area contributed by atoms with Crippen LogP contribution in [0, 0.1) is 11.7 Å². The summed E-state index contributed by atoms with van der Waals surface area (Å²) in [6.45, 7) is 0.760. The number of carbonyl (C=O) groups excluding carboxylic acids is 1. The Morgan fingerprint density at radius 2 is 2.16 bits per heavy atom. The fourth-order valence-electron chi connectivity index (χ4n) is 1.90. The van der Waals surface area contributed by atoms with Gasteiger partial charge in [0, 0.05) is 19.0 Å². The third-order valence-corrected chi connectivity index (χ3v) is 3.21. The smallest absolute Gasteiger partial charge is 0.321 e. The molecule has 0 bridgehead atoms. The molecule has 2 amide bonds. The highest BCUT2D eigenvalue weighted by molar-refractivity contribution is 6.33. The summed E-state index contributed by atoms with van der Waals surface area (Å²) in [4.78, 5) is 23.7. The van der Waals surface area contributed by atoms with Gasteiger partial charge in [-0.25, -0.2) is 9.18 Å². The lowest BCUT2D eigenvalue weighted by Gasteiger charge is -2.38. The quantitative estimate of drug-likeness (QED) is 0.896. The van der Waals surface area contributed by atoms with Crippen molar-refractivity contribution < 1.29 is 19.1 Å². The lowest BCUT2D eigenvalue weighted by Crippen LogP contribution is -2.52. The maximum atomic E-state index is 13.0. The van der Waals surface area contributed by atoms with Crippen molar-refractivity contribution in [1.82, 2.24) is 4.90 Å². The van der Waals surface area contributed by atoms with Crippen LogP contribution in [0.1, 0.15) is 6.42 Å². The first-order valence-electron chi connectivity index (χ1n) is 5.68. The summed E-state index contributed by atoms with van der Waals surface area (Å²) in [5.41, 5.74) is 0.202. The van der Waals surface area contributed by atoms with Crippen molar-refractivity contribution in [1.29, 1.82) is 0 Å². The second-order valence-corrected chi connectivity index (χ2v) is 4.83. The number of hydrogen-bond acceptors (Lipinski definition) is 2. The van der Waals surface area contributed by atoms with Crippen molar-refractivity contribution in [2.24, 2.45) is 5.92 Å². The van der Waals surface area contributed by atoms with Crippen LogP contribution in [-0.2, 0) is 4.79 Å². The molecule has 0 atom stereocenters. The highest BCUT2D eigenvalue weighted by atomic mass is 35.5. The summed E-state index contributed by atoms with van der Waals surface area (Å²) in [6.07, 6.45) is 0.0461. The van der Waals surface area contributed by atoms with Crippen LogP contribution in [0.5, 0.6) is 0 Å². The first-order chi connectivity index (χ1) is 8.95. The van der Waals surface area contributed by atoms with E-state index < -0.39 is 17.8 Å². The molecule has 0 spiro atoms. The predicted octanol–water partition coefficient (Wildman–Crippen LogP) is 2.42. The molecule has 19 heavy (non-hydrogen) atoms. The molecule has 102 valence electrons. The Labute approximate surface area is 114 Å². The minimum absolute atomic E-state index is 0.0220. The van der Waals surface area contributed by atoms with E-state index in [4.69, 9.17) is 16.7 Å². The Bertz CT molecular complexity index is 518. The SMILES string of the molecule is O=C(O)CC1CN(C(=O)Nc2cc(F)ccc2Cl)C1. The van der Waals surface area contributed by atoms with Gasteiger partial charge < -0.3 is 15.3 Å². The Morgan fingerprint density at radius 1 is 1.47 bits per heavy atom. The molecule has 5 nitrogen and oxygen atoms in total. The lowest BCUT2D eigenvalue weighted by atomic mass is 9.97. The largest absolute Gasteiger partial charge is 0.481 e. The minimum atomic E-state index is -0.877. The lowest BCUT2D eigenvalue weighted by molar-refractivity contribution is -0.139. The van der Waals surface area contributed by atoms with Crippen LogP contribution in [0.3, 0.4) is 0 Å². The number of benzene rings is 1. The molecule has 1 heterocycles. The summed E-state index contributed by atoms with van der Waals surface area (Å²) >= 11 is 5.83. The van der Waals surface area contributed by atoms with Crippen molar-refractivity contribution in [3.05, 3.63) is 29.0 Å². The highest BCUT2D eigenvalue weighted by Gasteiger charge is 2.32. The van der Waals surface area contributed by atoms with Crippen LogP contribution < -0.4 is 5.32 Å². The molecule has 1 aromatic rings. The highest BCUT2D eigenvalue weighted by Crippen LogP contribution is 2.25. The molecule has 0 unspecified atom stereocenters. The number of carboxylic acids is 1. The number of rotatable bonds is 3. The van der Waals surface area contributed by atoms with Crippen LogP contribution in [0.25, 0.3) is 0 Å². The Balaban J connectivity index is 1.89. The summed E-state index contributed by atoms with van der Waals surface area (Å²) in [7, 11) is 0. The molecule has 0 radical (unpaired) electrons. The number of anilines is 1. The van der Waals surface area contributed by atoms with Gasteiger partial charge in [-0.05, 0) is 18.2 Å². The molecule has 7 heteroatoms. The van der Waals surface area contributed by atoms with E-state index in [9.17, 15) is 14.0 Å². The summed E-state index contributed by atoms with van der Waals surface area (Å²) in [5, 5.41) is 11.3. The number of aliphatic carboxylic acids is 1. The van der Waals surface area contributed by atoms with E-state index in [1.807, 2.05) is 0 Å². The third-order valence-electron chi connectivity index (χ3n) is 2.88. The number of nitrogens with one attached hydrogen (secondary N) is 1. The third kappa shape index (κ3) is 3.35. The molecule has 0 saturated carbocycles. The number of amides is 2. The summed E-state index contributed by atoms with van der Waals surface area (Å²) < 4.78 is 13.0. The Morgan fingerprint density at radius 3 is 2.79 bits per heavy atom. The van der Waals surface area contributed by atoms with Crippen LogP contribution >= 0.6 is 11.6 Å². The number of likely N-dealkylation sites (tertiary alicyclic amines) is 1. The zero-order valence-electron chi connectivity index (χ0n) is 9.90. The van der Waals surface area contributed by atoms with E-state index >= 15 is 0 Å². The zero-order chi connectivity index (χ0) is 14.0. The number of hydrogen-bond donors (Lipinski definition) is 2. The van der Waals surface area contributed by atoms with Crippen LogP contribution in [0.4, 0.5) is 14.9 Å². The van der Waals surface area contributed by atoms with Gasteiger partial charge >= 0.3 is 12.0 Å². The fraction of sp³-hybridized carbons (Fsp3) is 0.333. The molecular weight excluding hydrogens is 275 g/mol. The number of halogens is 2. The van der Waals surface area contributed by atoms with E-state index in [1.165, 1.54) is 17.0 Å². The Hall–Kier alpha value is -1.82. The molecule has 1 aromatic carbocycles. The summed E-state index contributed by atoms with van der Waals surface area (Å²) in [5.74, 6) is -1.39. The normalized spacial score (nSPS) is 14.9. The van der Waals surface area contributed by atoms with Crippen LogP contribution in [0.15, 0.2) is 18.2 Å². The topological polar surface area (TPSA) is 69.6 Å². The maximum absolute atomic E-state index is 13.0. The van der Waals surface area contributed by atoms with Crippen molar-refractivity contribution in [3.8, 4) is 0 Å². The molecule has 1 aliphatic rings. The van der Waals surface area contributed by atoms with E-state index in [0.717, 1.165) is 6.07 Å². The van der Waals surface area contributed by atoms with Gasteiger partial charge in [-0.2, -0.15) is 0 Å². The first-order valence-corrected chi connectivity index (χ1v) is 6.06. The zero-order valence-corrected chi connectivity index (χ0v) is 10.7. The van der Waals surface area contributed by atoms with Crippen molar-refractivity contribution in [2.75, 3.05) is 18.4 Å². The number of carboxylic acid groups (broad SMARTS) is 1. The standard InChI is InChI=1S/C12H12ClFN2O3/c13-9-2-1-8(14)4-10(9)15-12(19)16-5-7(6-16)3-11(17)18/h1-2,4,7H,3,5-6H2,(H,15,19)(H,17,18). The number of carbonyl (C=O) groups is 2. The van der Waals surface area contributed by atoms with Crippen LogP contribution in [0.2, 0.25) is 5.02 Å². The molecule has 1 aliphatic heterocycles. The Kier molecular flexibility index (Phi) is 3.90. The van der Waals surface area contributed by atoms with E-state index in [2.05, 4.69) is 5.32 Å². The average molecular weight is 287 g/mol.